The fourth-order valence-electron chi connectivity index (χ4n) is 6.05. The quantitative estimate of drug-likeness (QED) is 0.499. The summed E-state index contributed by atoms with van der Waals surface area (Å²) >= 11 is 0. The Bertz CT molecular complexity index is 1020. The van der Waals surface area contributed by atoms with Crippen molar-refractivity contribution in [2.75, 3.05) is 0 Å². The molecule has 2 aliphatic carbocycles. The van der Waals surface area contributed by atoms with E-state index in [4.69, 9.17) is 14.2 Å². The van der Waals surface area contributed by atoms with Crippen LogP contribution in [0.2, 0.25) is 0 Å². The maximum Gasteiger partial charge on any atom is 0.347 e. The number of aliphatic hydroxyl groups excluding tert-OH is 2. The molecular formula is C30H40O7. The van der Waals surface area contributed by atoms with Crippen LogP contribution in [-0.4, -0.2) is 52.7 Å². The summed E-state index contributed by atoms with van der Waals surface area (Å²) in [6.45, 7) is 7.95. The van der Waals surface area contributed by atoms with Gasteiger partial charge in [-0.1, -0.05) is 50.3 Å². The second kappa shape index (κ2) is 11.8. The number of cyclic esters (lactones) is 1. The van der Waals surface area contributed by atoms with Gasteiger partial charge in [0.05, 0.1) is 18.6 Å². The van der Waals surface area contributed by atoms with Crippen molar-refractivity contribution in [3.63, 3.8) is 0 Å². The average molecular weight is 513 g/mol. The second-order valence-electron chi connectivity index (χ2n) is 10.9. The minimum atomic E-state index is -0.746. The van der Waals surface area contributed by atoms with E-state index in [0.717, 1.165) is 23.1 Å². The molecule has 1 fully saturated rings. The standard InChI is InChI=1S/C30H40O7/c1-5-25(36-29-18(3)7-6-8-19(29)4)30(34)37-26-15-21(31)13-20-10-9-17(2)24(28(20)26)12-11-23-14-22(32)16-27(33)35-23/h6-10,13,17,21-26,28,31-32H,5,11-12,14-16H2,1-4H3/t17?,21?,22-,23-,24?,25+,26?,28?/m1/s1. The normalized spacial score (nSPS) is 32.1. The number of aryl methyl sites for hydroxylation is 2. The van der Waals surface area contributed by atoms with Crippen molar-refractivity contribution >= 4 is 11.9 Å². The van der Waals surface area contributed by atoms with Crippen LogP contribution in [0.1, 0.15) is 63.5 Å². The predicted octanol–water partition coefficient (Wildman–Crippen LogP) is 4.35. The third-order valence-electron chi connectivity index (χ3n) is 8.00. The molecule has 4 rings (SSSR count). The van der Waals surface area contributed by atoms with Crippen LogP contribution in [0.3, 0.4) is 0 Å². The first-order valence-corrected chi connectivity index (χ1v) is 13.5. The number of para-hydroxylation sites is 1. The summed E-state index contributed by atoms with van der Waals surface area (Å²) in [5, 5.41) is 20.6. The van der Waals surface area contributed by atoms with Crippen LogP contribution >= 0.6 is 0 Å². The van der Waals surface area contributed by atoms with Gasteiger partial charge in [-0.2, -0.15) is 0 Å². The van der Waals surface area contributed by atoms with Gasteiger partial charge in [0.15, 0.2) is 6.10 Å². The zero-order valence-corrected chi connectivity index (χ0v) is 22.3. The highest BCUT2D eigenvalue weighted by molar-refractivity contribution is 5.75. The van der Waals surface area contributed by atoms with Crippen LogP contribution < -0.4 is 4.74 Å². The molecule has 1 aromatic carbocycles. The molecule has 0 amide bonds. The SMILES string of the molecule is CC[C@H](Oc1c(C)cccc1C)C(=O)OC1CC(O)C=C2C=CC(C)C(CC[C@@H]3C[C@@H](O)CC(=O)O3)C21. The minimum absolute atomic E-state index is 0.0488. The lowest BCUT2D eigenvalue weighted by Gasteiger charge is -2.43. The topological polar surface area (TPSA) is 102 Å². The highest BCUT2D eigenvalue weighted by Crippen LogP contribution is 2.44. The number of allylic oxidation sites excluding steroid dienone is 2. The van der Waals surface area contributed by atoms with E-state index in [9.17, 15) is 19.8 Å². The monoisotopic (exact) mass is 512 g/mol. The number of aliphatic hydroxyl groups is 2. The number of hydrogen-bond donors (Lipinski definition) is 2. The Morgan fingerprint density at radius 2 is 1.89 bits per heavy atom. The van der Waals surface area contributed by atoms with E-state index in [0.29, 0.717) is 31.4 Å². The molecule has 1 aliphatic heterocycles. The van der Waals surface area contributed by atoms with Gasteiger partial charge in [-0.25, -0.2) is 4.79 Å². The Balaban J connectivity index is 1.49. The van der Waals surface area contributed by atoms with Crippen LogP contribution in [0.5, 0.6) is 5.75 Å². The van der Waals surface area contributed by atoms with Gasteiger partial charge in [-0.15, -0.1) is 0 Å². The van der Waals surface area contributed by atoms with Crippen molar-refractivity contribution in [2.45, 2.75) is 96.7 Å². The average Bonchev–Trinajstić information content (AvgIpc) is 2.82. The van der Waals surface area contributed by atoms with Crippen LogP contribution in [0.4, 0.5) is 0 Å². The highest BCUT2D eigenvalue weighted by Gasteiger charge is 2.43. The molecule has 1 heterocycles. The van der Waals surface area contributed by atoms with E-state index in [1.807, 2.05) is 51.1 Å². The van der Waals surface area contributed by atoms with Gasteiger partial charge >= 0.3 is 11.9 Å². The third kappa shape index (κ3) is 6.44. The molecule has 0 spiro atoms. The molecule has 0 radical (unpaired) electrons. The van der Waals surface area contributed by atoms with E-state index in [2.05, 4.69) is 13.0 Å². The Morgan fingerprint density at radius 1 is 1.16 bits per heavy atom. The fraction of sp³-hybridized carbons (Fsp3) is 0.600. The summed E-state index contributed by atoms with van der Waals surface area (Å²) in [7, 11) is 0. The fourth-order valence-corrected chi connectivity index (χ4v) is 6.05. The van der Waals surface area contributed by atoms with Gasteiger partial charge in [0.2, 0.25) is 0 Å². The minimum Gasteiger partial charge on any atom is -0.478 e. The number of rotatable bonds is 8. The maximum absolute atomic E-state index is 13.4. The molecule has 7 heteroatoms. The molecule has 0 saturated carbocycles. The van der Waals surface area contributed by atoms with Crippen molar-refractivity contribution in [1.82, 2.24) is 0 Å². The van der Waals surface area contributed by atoms with Crippen molar-refractivity contribution in [1.29, 1.82) is 0 Å². The van der Waals surface area contributed by atoms with Crippen molar-refractivity contribution in [3.05, 3.63) is 53.1 Å². The molecule has 37 heavy (non-hydrogen) atoms. The van der Waals surface area contributed by atoms with Crippen LogP contribution in [-0.2, 0) is 19.1 Å². The Morgan fingerprint density at radius 3 is 2.57 bits per heavy atom. The lowest BCUT2D eigenvalue weighted by atomic mass is 9.66. The summed E-state index contributed by atoms with van der Waals surface area (Å²) in [4.78, 5) is 25.2. The zero-order chi connectivity index (χ0) is 26.7. The van der Waals surface area contributed by atoms with E-state index in [1.54, 1.807) is 0 Å². The van der Waals surface area contributed by atoms with Gasteiger partial charge in [-0.05, 0) is 61.6 Å². The van der Waals surface area contributed by atoms with E-state index in [-0.39, 0.29) is 36.2 Å². The Labute approximate surface area is 219 Å². The molecular weight excluding hydrogens is 472 g/mol. The molecule has 0 aromatic heterocycles. The van der Waals surface area contributed by atoms with Crippen molar-refractivity contribution in [3.8, 4) is 5.75 Å². The molecule has 202 valence electrons. The lowest BCUT2D eigenvalue weighted by molar-refractivity contribution is -0.165. The molecule has 1 aromatic rings. The van der Waals surface area contributed by atoms with Gasteiger partial charge in [0.1, 0.15) is 18.0 Å². The molecule has 0 bridgehead atoms. The summed E-state index contributed by atoms with van der Waals surface area (Å²) in [5.74, 6) is 0.202. The number of carbonyl (C=O) groups excluding carboxylic acids is 2. The summed E-state index contributed by atoms with van der Waals surface area (Å²) < 4.78 is 17.7. The molecule has 3 aliphatic rings. The predicted molar refractivity (Wildman–Crippen MR) is 139 cm³/mol. The molecule has 7 nitrogen and oxygen atoms in total. The Hall–Kier alpha value is -2.64. The Kier molecular flexibility index (Phi) is 8.75. The van der Waals surface area contributed by atoms with Crippen LogP contribution in [0.25, 0.3) is 0 Å². The van der Waals surface area contributed by atoms with E-state index < -0.39 is 30.4 Å². The van der Waals surface area contributed by atoms with Gasteiger partial charge in [-0.3, -0.25) is 4.79 Å². The lowest BCUT2D eigenvalue weighted by Crippen LogP contribution is -2.44. The van der Waals surface area contributed by atoms with Crippen molar-refractivity contribution in [2.24, 2.45) is 17.8 Å². The van der Waals surface area contributed by atoms with Crippen LogP contribution in [0.15, 0.2) is 42.0 Å². The summed E-state index contributed by atoms with van der Waals surface area (Å²) in [6, 6.07) is 5.87. The summed E-state index contributed by atoms with van der Waals surface area (Å²) in [6.07, 6.45) is 5.78. The largest absolute Gasteiger partial charge is 0.478 e. The highest BCUT2D eigenvalue weighted by atomic mass is 16.6. The number of carbonyl (C=O) groups is 2. The molecule has 8 atom stereocenters. The first kappa shape index (κ1) is 27.4. The van der Waals surface area contributed by atoms with Crippen LogP contribution in [0, 0.1) is 31.6 Å². The summed E-state index contributed by atoms with van der Waals surface area (Å²) in [5.41, 5.74) is 2.90. The number of benzene rings is 1. The first-order valence-electron chi connectivity index (χ1n) is 13.5. The maximum atomic E-state index is 13.4. The second-order valence-corrected chi connectivity index (χ2v) is 10.9. The molecule has 2 N–H and O–H groups in total. The molecule has 1 saturated heterocycles. The smallest absolute Gasteiger partial charge is 0.347 e. The number of ether oxygens (including phenoxy) is 3. The number of esters is 2. The van der Waals surface area contributed by atoms with Gasteiger partial charge < -0.3 is 24.4 Å². The van der Waals surface area contributed by atoms with E-state index >= 15 is 0 Å². The zero-order valence-electron chi connectivity index (χ0n) is 22.3. The number of hydrogen-bond acceptors (Lipinski definition) is 7. The van der Waals surface area contributed by atoms with Gasteiger partial charge in [0, 0.05) is 18.8 Å². The van der Waals surface area contributed by atoms with Crippen molar-refractivity contribution < 1.29 is 34.0 Å². The third-order valence-corrected chi connectivity index (χ3v) is 8.00. The van der Waals surface area contributed by atoms with E-state index in [1.165, 1.54) is 0 Å². The first-order chi connectivity index (χ1) is 17.7. The van der Waals surface area contributed by atoms with Gasteiger partial charge in [0.25, 0.3) is 0 Å². The number of fused-ring (bicyclic) bond motifs is 1. The molecule has 5 unspecified atom stereocenters.